The van der Waals surface area contributed by atoms with Gasteiger partial charge in [-0.2, -0.15) is 5.10 Å². The van der Waals surface area contributed by atoms with Gasteiger partial charge in [0.2, 0.25) is 10.0 Å². The minimum atomic E-state index is -3.41. The quantitative estimate of drug-likeness (QED) is 0.653. The molecule has 0 unspecified atom stereocenters. The molecule has 3 aromatic rings. The number of likely N-dealkylation sites (tertiary alicyclic amines) is 1. The van der Waals surface area contributed by atoms with Gasteiger partial charge in [-0.25, -0.2) is 18.1 Å². The number of pyridine rings is 1. The summed E-state index contributed by atoms with van der Waals surface area (Å²) in [5.74, 6) is 0.827. The van der Waals surface area contributed by atoms with Gasteiger partial charge >= 0.3 is 0 Å². The van der Waals surface area contributed by atoms with Crippen LogP contribution in [0.5, 0.6) is 0 Å². The maximum Gasteiger partial charge on any atom is 0.254 e. The number of sulfonamides is 1. The van der Waals surface area contributed by atoms with Crippen LogP contribution < -0.4 is 4.72 Å². The Labute approximate surface area is 168 Å². The summed E-state index contributed by atoms with van der Waals surface area (Å²) in [6.07, 6.45) is 4.60. The summed E-state index contributed by atoms with van der Waals surface area (Å²) < 4.78 is 26.0. The zero-order chi connectivity index (χ0) is 20.4. The van der Waals surface area contributed by atoms with Crippen LogP contribution in [-0.4, -0.2) is 58.2 Å². The molecule has 0 aliphatic carbocycles. The second-order valence-electron chi connectivity index (χ2n) is 6.94. The molecule has 10 heteroatoms. The first kappa shape index (κ1) is 19.2. The highest BCUT2D eigenvalue weighted by atomic mass is 32.2. The monoisotopic (exact) mass is 412 g/mol. The molecule has 2 aromatic heterocycles. The molecule has 1 amide bonds. The summed E-state index contributed by atoms with van der Waals surface area (Å²) in [4.78, 5) is 23.2. The number of aromatic amines is 1. The van der Waals surface area contributed by atoms with Crippen LogP contribution in [0.15, 0.2) is 54.9 Å². The molecule has 1 aliphatic rings. The van der Waals surface area contributed by atoms with Crippen molar-refractivity contribution >= 4 is 15.9 Å². The van der Waals surface area contributed by atoms with E-state index in [1.807, 2.05) is 30.3 Å². The average Bonchev–Trinajstić information content (AvgIpc) is 3.35. The number of hydrogen-bond acceptors (Lipinski definition) is 6. The molecule has 1 saturated heterocycles. The number of nitrogens with zero attached hydrogens (tertiary/aromatic N) is 4. The molecule has 1 aliphatic heterocycles. The number of nitrogens with one attached hydrogen (secondary N) is 2. The fraction of sp³-hybridized carbons (Fsp3) is 0.263. The van der Waals surface area contributed by atoms with Gasteiger partial charge in [0.1, 0.15) is 5.82 Å². The normalized spacial score (nSPS) is 19.4. The minimum absolute atomic E-state index is 0.215. The standard InChI is InChI=1S/C19H20N6O3S/c1-29(27,28)24-15-11-16(25(12-15)19(26)14-7-9-20-10-8-14)18-21-17(22-23-18)13-5-3-2-4-6-13/h2-10,15-16,24H,11-12H2,1H3,(H,21,22,23)/t15-,16-/m0/s1. The number of rotatable bonds is 5. The van der Waals surface area contributed by atoms with Crippen LogP contribution in [0.1, 0.15) is 28.6 Å². The molecule has 29 heavy (non-hydrogen) atoms. The molecular weight excluding hydrogens is 392 g/mol. The van der Waals surface area contributed by atoms with E-state index < -0.39 is 22.1 Å². The number of benzene rings is 1. The van der Waals surface area contributed by atoms with Gasteiger partial charge in [-0.1, -0.05) is 30.3 Å². The number of aromatic nitrogens is 4. The van der Waals surface area contributed by atoms with E-state index in [1.54, 1.807) is 29.4 Å². The highest BCUT2D eigenvalue weighted by molar-refractivity contribution is 7.88. The van der Waals surface area contributed by atoms with Gasteiger partial charge in [0.05, 0.1) is 12.3 Å². The highest BCUT2D eigenvalue weighted by Crippen LogP contribution is 2.32. The van der Waals surface area contributed by atoms with E-state index in [1.165, 1.54) is 0 Å². The lowest BCUT2D eigenvalue weighted by Gasteiger charge is -2.22. The summed E-state index contributed by atoms with van der Waals surface area (Å²) in [5, 5.41) is 7.20. The molecule has 3 heterocycles. The molecule has 0 bridgehead atoms. The zero-order valence-corrected chi connectivity index (χ0v) is 16.5. The van der Waals surface area contributed by atoms with Crippen molar-refractivity contribution in [2.45, 2.75) is 18.5 Å². The van der Waals surface area contributed by atoms with Crippen LogP contribution in [0.25, 0.3) is 11.4 Å². The SMILES string of the molecule is CS(=O)(=O)N[C@H]1C[C@@H](c2nc(-c3ccccc3)n[nH]2)N(C(=O)c2ccncc2)C1. The first-order valence-electron chi connectivity index (χ1n) is 9.07. The predicted octanol–water partition coefficient (Wildman–Crippen LogP) is 1.37. The maximum atomic E-state index is 13.1. The van der Waals surface area contributed by atoms with E-state index in [0.717, 1.165) is 11.8 Å². The van der Waals surface area contributed by atoms with Crippen molar-refractivity contribution in [1.82, 2.24) is 29.8 Å². The highest BCUT2D eigenvalue weighted by Gasteiger charge is 2.39. The van der Waals surface area contributed by atoms with E-state index in [2.05, 4.69) is 24.9 Å². The van der Waals surface area contributed by atoms with Crippen LogP contribution in [0.4, 0.5) is 0 Å². The van der Waals surface area contributed by atoms with E-state index in [0.29, 0.717) is 23.6 Å². The van der Waals surface area contributed by atoms with Crippen molar-refractivity contribution in [3.8, 4) is 11.4 Å². The Balaban J connectivity index is 1.65. The van der Waals surface area contributed by atoms with E-state index in [-0.39, 0.29) is 12.5 Å². The third-order valence-corrected chi connectivity index (χ3v) is 5.48. The van der Waals surface area contributed by atoms with E-state index in [9.17, 15) is 13.2 Å². The van der Waals surface area contributed by atoms with Crippen LogP contribution >= 0.6 is 0 Å². The molecule has 150 valence electrons. The van der Waals surface area contributed by atoms with Gasteiger partial charge in [-0.05, 0) is 18.6 Å². The average molecular weight is 412 g/mol. The molecular formula is C19H20N6O3S. The second kappa shape index (κ2) is 7.72. The van der Waals surface area contributed by atoms with Crippen molar-refractivity contribution in [2.24, 2.45) is 0 Å². The fourth-order valence-corrected chi connectivity index (χ4v) is 4.28. The molecule has 9 nitrogen and oxygen atoms in total. The summed E-state index contributed by atoms with van der Waals surface area (Å²) in [7, 11) is -3.41. The van der Waals surface area contributed by atoms with Crippen LogP contribution in [0.3, 0.4) is 0 Å². The lowest BCUT2D eigenvalue weighted by molar-refractivity contribution is 0.0728. The topological polar surface area (TPSA) is 121 Å². The summed E-state index contributed by atoms with van der Waals surface area (Å²) in [6.45, 7) is 0.236. The summed E-state index contributed by atoms with van der Waals surface area (Å²) in [5.41, 5.74) is 1.33. The van der Waals surface area contributed by atoms with Crippen molar-refractivity contribution in [3.63, 3.8) is 0 Å². The van der Waals surface area contributed by atoms with E-state index in [4.69, 9.17) is 0 Å². The number of carbonyl (C=O) groups excluding carboxylic acids is 1. The fourth-order valence-electron chi connectivity index (χ4n) is 3.51. The van der Waals surface area contributed by atoms with Gasteiger partial charge in [-0.15, -0.1) is 0 Å². The lowest BCUT2D eigenvalue weighted by atomic mass is 10.1. The van der Waals surface area contributed by atoms with Crippen molar-refractivity contribution in [1.29, 1.82) is 0 Å². The van der Waals surface area contributed by atoms with Crippen LogP contribution in [-0.2, 0) is 10.0 Å². The van der Waals surface area contributed by atoms with Gasteiger partial charge in [-0.3, -0.25) is 14.9 Å². The molecule has 1 aromatic carbocycles. The Morgan fingerprint density at radius 3 is 2.59 bits per heavy atom. The smallest absolute Gasteiger partial charge is 0.254 e. The van der Waals surface area contributed by atoms with Gasteiger partial charge in [0.15, 0.2) is 5.82 Å². The summed E-state index contributed by atoms with van der Waals surface area (Å²) in [6, 6.07) is 11.9. The zero-order valence-electron chi connectivity index (χ0n) is 15.7. The largest absolute Gasteiger partial charge is 0.327 e. The minimum Gasteiger partial charge on any atom is -0.327 e. The molecule has 0 radical (unpaired) electrons. The third-order valence-electron chi connectivity index (χ3n) is 4.72. The van der Waals surface area contributed by atoms with E-state index >= 15 is 0 Å². The molecule has 1 fully saturated rings. The number of H-pyrrole nitrogens is 1. The Morgan fingerprint density at radius 1 is 1.17 bits per heavy atom. The molecule has 4 rings (SSSR count). The third kappa shape index (κ3) is 4.33. The number of amides is 1. The number of carbonyl (C=O) groups is 1. The maximum absolute atomic E-state index is 13.1. The Bertz CT molecular complexity index is 1100. The number of hydrogen-bond donors (Lipinski definition) is 2. The predicted molar refractivity (Wildman–Crippen MR) is 106 cm³/mol. The first-order valence-corrected chi connectivity index (χ1v) is 11.0. The Morgan fingerprint density at radius 2 is 1.90 bits per heavy atom. The molecule has 2 N–H and O–H groups in total. The first-order chi connectivity index (χ1) is 13.9. The lowest BCUT2D eigenvalue weighted by Crippen LogP contribution is -2.38. The molecule has 0 saturated carbocycles. The Hall–Kier alpha value is -3.11. The summed E-state index contributed by atoms with van der Waals surface area (Å²) >= 11 is 0. The second-order valence-corrected chi connectivity index (χ2v) is 8.72. The van der Waals surface area contributed by atoms with Crippen molar-refractivity contribution in [3.05, 3.63) is 66.2 Å². The molecule has 0 spiro atoms. The van der Waals surface area contributed by atoms with Crippen LogP contribution in [0.2, 0.25) is 0 Å². The van der Waals surface area contributed by atoms with Crippen molar-refractivity contribution in [2.75, 3.05) is 12.8 Å². The van der Waals surface area contributed by atoms with Crippen molar-refractivity contribution < 1.29 is 13.2 Å². The van der Waals surface area contributed by atoms with Gasteiger partial charge < -0.3 is 4.90 Å². The van der Waals surface area contributed by atoms with Gasteiger partial charge in [0, 0.05) is 36.1 Å². The van der Waals surface area contributed by atoms with Crippen LogP contribution in [0, 0.1) is 0 Å². The molecule has 2 atom stereocenters. The Kier molecular flexibility index (Phi) is 5.12. The van der Waals surface area contributed by atoms with Gasteiger partial charge in [0.25, 0.3) is 5.91 Å².